The van der Waals surface area contributed by atoms with Crippen molar-refractivity contribution >= 4 is 0 Å². The Labute approximate surface area is 95.8 Å². The van der Waals surface area contributed by atoms with Crippen molar-refractivity contribution in [1.29, 1.82) is 0 Å². The van der Waals surface area contributed by atoms with Crippen LogP contribution in [0.4, 0.5) is 0 Å². The molecule has 2 aliphatic rings. The first-order valence-corrected chi connectivity index (χ1v) is 7.19. The zero-order valence-electron chi connectivity index (χ0n) is 11.0. The topological polar surface area (TPSA) is 0 Å². The van der Waals surface area contributed by atoms with Crippen LogP contribution in [-0.4, -0.2) is 0 Å². The predicted molar refractivity (Wildman–Crippen MR) is 66.7 cm³/mol. The molecule has 0 heteroatoms. The normalized spacial score (nSPS) is 50.4. The van der Waals surface area contributed by atoms with Crippen molar-refractivity contribution in [3.8, 4) is 0 Å². The van der Waals surface area contributed by atoms with Crippen LogP contribution in [-0.2, 0) is 0 Å². The minimum Gasteiger partial charge on any atom is -0.0651 e. The Kier molecular flexibility index (Phi) is 3.42. The highest BCUT2D eigenvalue weighted by Gasteiger charge is 2.46. The summed E-state index contributed by atoms with van der Waals surface area (Å²) in [4.78, 5) is 0. The van der Waals surface area contributed by atoms with Crippen molar-refractivity contribution in [1.82, 2.24) is 0 Å². The van der Waals surface area contributed by atoms with E-state index < -0.39 is 0 Å². The van der Waals surface area contributed by atoms with Crippen molar-refractivity contribution < 1.29 is 0 Å². The molecule has 0 amide bonds. The average Bonchev–Trinajstić information content (AvgIpc) is 2.57. The van der Waals surface area contributed by atoms with Crippen LogP contribution in [0.15, 0.2) is 0 Å². The lowest BCUT2D eigenvalue weighted by Gasteiger charge is -2.40. The van der Waals surface area contributed by atoms with Gasteiger partial charge in [0.2, 0.25) is 0 Å². The van der Waals surface area contributed by atoms with Gasteiger partial charge in [-0.3, -0.25) is 0 Å². The van der Waals surface area contributed by atoms with Crippen LogP contribution in [0.1, 0.15) is 59.8 Å². The molecule has 0 N–H and O–H groups in total. The largest absolute Gasteiger partial charge is 0.0651 e. The molecule has 0 aromatic rings. The SMILES string of the molecule is CCC1CCC2CC(CC)C(C)C2C1C. The van der Waals surface area contributed by atoms with Crippen molar-refractivity contribution in [2.45, 2.75) is 59.8 Å². The fourth-order valence-corrected chi connectivity index (χ4v) is 4.84. The molecular weight excluding hydrogens is 180 g/mol. The summed E-state index contributed by atoms with van der Waals surface area (Å²) in [6.45, 7) is 9.85. The lowest BCUT2D eigenvalue weighted by atomic mass is 9.65. The lowest BCUT2D eigenvalue weighted by molar-refractivity contribution is 0.0936. The minimum atomic E-state index is 1.00. The van der Waals surface area contributed by atoms with Gasteiger partial charge < -0.3 is 0 Å². The number of fused-ring (bicyclic) bond motifs is 1. The van der Waals surface area contributed by atoms with Gasteiger partial charge in [-0.1, -0.05) is 40.5 Å². The molecule has 2 rings (SSSR count). The third-order valence-electron chi connectivity index (χ3n) is 5.81. The molecule has 0 heterocycles. The summed E-state index contributed by atoms with van der Waals surface area (Å²) < 4.78 is 0. The Morgan fingerprint density at radius 2 is 1.47 bits per heavy atom. The first kappa shape index (κ1) is 11.5. The molecule has 0 aliphatic heterocycles. The fourth-order valence-electron chi connectivity index (χ4n) is 4.84. The molecule has 88 valence electrons. The van der Waals surface area contributed by atoms with Crippen molar-refractivity contribution in [2.75, 3.05) is 0 Å². The molecular formula is C15H28. The van der Waals surface area contributed by atoms with E-state index >= 15 is 0 Å². The Morgan fingerprint density at radius 3 is 2.07 bits per heavy atom. The lowest BCUT2D eigenvalue weighted by Crippen LogP contribution is -2.32. The van der Waals surface area contributed by atoms with Crippen molar-refractivity contribution in [3.05, 3.63) is 0 Å². The minimum absolute atomic E-state index is 1.00. The Balaban J connectivity index is 2.10. The summed E-state index contributed by atoms with van der Waals surface area (Å²) in [7, 11) is 0. The van der Waals surface area contributed by atoms with Gasteiger partial charge in [-0.05, 0) is 54.8 Å². The van der Waals surface area contributed by atoms with Crippen molar-refractivity contribution in [2.24, 2.45) is 35.5 Å². The molecule has 0 bridgehead atoms. The molecule has 0 saturated heterocycles. The second kappa shape index (κ2) is 4.47. The summed E-state index contributed by atoms with van der Waals surface area (Å²) in [5.41, 5.74) is 0. The highest BCUT2D eigenvalue weighted by atomic mass is 14.5. The molecule has 2 fully saturated rings. The molecule has 0 aromatic carbocycles. The third-order valence-corrected chi connectivity index (χ3v) is 5.81. The van der Waals surface area contributed by atoms with E-state index in [2.05, 4.69) is 27.7 Å². The van der Waals surface area contributed by atoms with Crippen molar-refractivity contribution in [3.63, 3.8) is 0 Å². The van der Waals surface area contributed by atoms with E-state index in [1.807, 2.05) is 0 Å². The molecule has 0 radical (unpaired) electrons. The van der Waals surface area contributed by atoms with Crippen LogP contribution < -0.4 is 0 Å². The Bertz CT molecular complexity index is 204. The predicted octanol–water partition coefficient (Wildman–Crippen LogP) is 4.74. The van der Waals surface area contributed by atoms with E-state index in [0.717, 1.165) is 35.5 Å². The van der Waals surface area contributed by atoms with E-state index in [0.29, 0.717) is 0 Å². The number of hydrogen-bond acceptors (Lipinski definition) is 0. The molecule has 6 unspecified atom stereocenters. The molecule has 0 spiro atoms. The molecule has 15 heavy (non-hydrogen) atoms. The van der Waals surface area contributed by atoms with E-state index in [9.17, 15) is 0 Å². The molecule has 2 aliphatic carbocycles. The van der Waals surface area contributed by atoms with Crippen LogP contribution in [0.25, 0.3) is 0 Å². The molecule has 2 saturated carbocycles. The maximum atomic E-state index is 2.54. The first-order valence-electron chi connectivity index (χ1n) is 7.19. The quantitative estimate of drug-likeness (QED) is 0.615. The van der Waals surface area contributed by atoms with Crippen LogP contribution >= 0.6 is 0 Å². The van der Waals surface area contributed by atoms with Gasteiger partial charge >= 0.3 is 0 Å². The van der Waals surface area contributed by atoms with Gasteiger partial charge in [0.15, 0.2) is 0 Å². The van der Waals surface area contributed by atoms with Gasteiger partial charge in [0.05, 0.1) is 0 Å². The molecule has 0 aromatic heterocycles. The smallest absolute Gasteiger partial charge is 0.0329 e. The van der Waals surface area contributed by atoms with Gasteiger partial charge in [0.25, 0.3) is 0 Å². The second-order valence-electron chi connectivity index (χ2n) is 6.21. The summed E-state index contributed by atoms with van der Waals surface area (Å²) in [5, 5.41) is 0. The number of hydrogen-bond donors (Lipinski definition) is 0. The standard InChI is InChI=1S/C15H28/c1-5-12-7-8-14-9-13(6-2)11(4)15(14)10(12)3/h10-15H,5-9H2,1-4H3. The van der Waals surface area contributed by atoms with Gasteiger partial charge in [-0.15, -0.1) is 0 Å². The Morgan fingerprint density at radius 1 is 0.867 bits per heavy atom. The van der Waals surface area contributed by atoms with E-state index in [4.69, 9.17) is 0 Å². The second-order valence-corrected chi connectivity index (χ2v) is 6.21. The Hall–Kier alpha value is 0. The maximum Gasteiger partial charge on any atom is -0.0329 e. The average molecular weight is 208 g/mol. The fraction of sp³-hybridized carbons (Fsp3) is 1.00. The molecule has 6 atom stereocenters. The summed E-state index contributed by atoms with van der Waals surface area (Å²) in [6.07, 6.45) is 7.42. The first-order chi connectivity index (χ1) is 7.19. The molecule has 0 nitrogen and oxygen atoms in total. The summed E-state index contributed by atoms with van der Waals surface area (Å²) in [5.74, 6) is 6.23. The van der Waals surface area contributed by atoms with Gasteiger partial charge in [-0.25, -0.2) is 0 Å². The third kappa shape index (κ3) is 1.85. The number of rotatable bonds is 2. The maximum absolute atomic E-state index is 2.54. The van der Waals surface area contributed by atoms with Crippen LogP contribution in [0.2, 0.25) is 0 Å². The summed E-state index contributed by atoms with van der Waals surface area (Å²) >= 11 is 0. The van der Waals surface area contributed by atoms with Gasteiger partial charge in [-0.2, -0.15) is 0 Å². The van der Waals surface area contributed by atoms with Gasteiger partial charge in [0.1, 0.15) is 0 Å². The van der Waals surface area contributed by atoms with Crippen LogP contribution in [0.3, 0.4) is 0 Å². The van der Waals surface area contributed by atoms with E-state index in [1.54, 1.807) is 6.42 Å². The van der Waals surface area contributed by atoms with E-state index in [1.165, 1.54) is 25.7 Å². The van der Waals surface area contributed by atoms with Crippen LogP contribution in [0, 0.1) is 35.5 Å². The monoisotopic (exact) mass is 208 g/mol. The highest BCUT2D eigenvalue weighted by Crippen LogP contribution is 2.54. The van der Waals surface area contributed by atoms with Crippen LogP contribution in [0.5, 0.6) is 0 Å². The highest BCUT2D eigenvalue weighted by molar-refractivity contribution is 4.95. The van der Waals surface area contributed by atoms with Gasteiger partial charge in [0, 0.05) is 0 Å². The van der Waals surface area contributed by atoms with E-state index in [-0.39, 0.29) is 0 Å². The zero-order valence-corrected chi connectivity index (χ0v) is 11.0. The zero-order chi connectivity index (χ0) is 11.0. The summed E-state index contributed by atoms with van der Waals surface area (Å²) in [6, 6.07) is 0.